The van der Waals surface area contributed by atoms with Crippen molar-refractivity contribution in [2.24, 2.45) is 5.50 Å². The Kier molecular flexibility index (Phi) is 3.88. The van der Waals surface area contributed by atoms with Gasteiger partial charge in [0.25, 0.3) is 12.0 Å². The van der Waals surface area contributed by atoms with E-state index in [1.807, 2.05) is 4.98 Å². The number of aryl methyl sites for hydroxylation is 1. The summed E-state index contributed by atoms with van der Waals surface area (Å²) < 4.78 is 31.5. The molecule has 0 aromatic carbocycles. The zero-order valence-corrected chi connectivity index (χ0v) is 10.8. The van der Waals surface area contributed by atoms with Crippen LogP contribution in [0.25, 0.3) is 0 Å². The van der Waals surface area contributed by atoms with Crippen LogP contribution < -0.4 is 21.4 Å². The van der Waals surface area contributed by atoms with Crippen LogP contribution in [0.15, 0.2) is 15.8 Å². The molecule has 1 fully saturated rings. The summed E-state index contributed by atoms with van der Waals surface area (Å²) in [4.78, 5) is 24.5. The van der Waals surface area contributed by atoms with Gasteiger partial charge in [0.2, 0.25) is 0 Å². The first kappa shape index (κ1) is 14.0. The lowest BCUT2D eigenvalue weighted by Crippen LogP contribution is -2.35. The molecule has 0 bridgehead atoms. The van der Waals surface area contributed by atoms with E-state index in [1.54, 1.807) is 0 Å². The molecule has 0 saturated carbocycles. The Morgan fingerprint density at radius 2 is 2.11 bits per heavy atom. The summed E-state index contributed by atoms with van der Waals surface area (Å²) in [5.41, 5.74) is 3.94. The van der Waals surface area contributed by atoms with Gasteiger partial charge in [0.15, 0.2) is 0 Å². The largest absolute Gasteiger partial charge is 0.478 e. The molecule has 106 valence electrons. The van der Waals surface area contributed by atoms with Gasteiger partial charge < -0.3 is 14.1 Å². The smallest absolute Gasteiger partial charge is 0.327 e. The molecule has 0 radical (unpaired) electrons. The quantitative estimate of drug-likeness (QED) is 0.653. The fourth-order valence-electron chi connectivity index (χ4n) is 1.26. The lowest BCUT2D eigenvalue weighted by molar-refractivity contribution is -0.181. The lowest BCUT2D eigenvalue weighted by Gasteiger charge is -2.17. The summed E-state index contributed by atoms with van der Waals surface area (Å²) >= 11 is 0. The number of ether oxygens (including phenoxy) is 2. The maximum Gasteiger partial charge on any atom is 0.478 e. The molecule has 0 aliphatic carbocycles. The van der Waals surface area contributed by atoms with Gasteiger partial charge in [-0.25, -0.2) is 19.4 Å². The molecule has 11 heteroatoms. The van der Waals surface area contributed by atoms with Crippen molar-refractivity contribution in [3.05, 3.63) is 32.6 Å². The zero-order valence-electron chi connectivity index (χ0n) is 9.90. The molecule has 1 aliphatic rings. The number of aromatic amines is 1. The highest BCUT2D eigenvalue weighted by molar-refractivity contribution is 7.51. The fourth-order valence-corrected chi connectivity index (χ4v) is 2.03. The minimum atomic E-state index is -4.13. The minimum Gasteiger partial charge on any atom is -0.327 e. The topological polar surface area (TPSA) is 135 Å². The molecule has 1 unspecified atom stereocenters. The monoisotopic (exact) mass is 293 g/mol. The second kappa shape index (κ2) is 5.27. The Labute approximate surface area is 106 Å². The van der Waals surface area contributed by atoms with E-state index in [0.29, 0.717) is 4.73 Å². The maximum absolute atomic E-state index is 11.8. The molecule has 1 aliphatic heterocycles. The van der Waals surface area contributed by atoms with Gasteiger partial charge in [-0.3, -0.25) is 9.78 Å². The second-order valence-corrected chi connectivity index (χ2v) is 5.11. The Morgan fingerprint density at radius 1 is 1.47 bits per heavy atom. The van der Waals surface area contributed by atoms with Crippen molar-refractivity contribution in [2.45, 2.75) is 13.4 Å². The number of nitrogens with two attached hydrogens (primary N) is 1. The average Bonchev–Trinajstić information content (AvgIpc) is 2.77. The molecule has 1 atom stereocenters. The maximum atomic E-state index is 11.8. The number of rotatable bonds is 4. The van der Waals surface area contributed by atoms with Crippen LogP contribution in [0.3, 0.4) is 0 Å². The highest BCUT2D eigenvalue weighted by Crippen LogP contribution is 2.37. The predicted molar refractivity (Wildman–Crippen MR) is 61.2 cm³/mol. The molecule has 3 N–H and O–H groups in total. The van der Waals surface area contributed by atoms with E-state index in [1.165, 1.54) is 6.92 Å². The molecule has 2 rings (SSSR count). The summed E-state index contributed by atoms with van der Waals surface area (Å²) in [7, 11) is -4.13. The van der Waals surface area contributed by atoms with Crippen molar-refractivity contribution >= 4 is 7.75 Å². The molecule has 19 heavy (non-hydrogen) atoms. The van der Waals surface area contributed by atoms with Crippen LogP contribution in [0.2, 0.25) is 0 Å². The van der Waals surface area contributed by atoms with Crippen molar-refractivity contribution in [1.29, 1.82) is 0 Å². The van der Waals surface area contributed by atoms with Gasteiger partial charge in [-0.15, -0.1) is 4.73 Å². The molecule has 2 heterocycles. The summed E-state index contributed by atoms with van der Waals surface area (Å²) in [6.45, 7) is 0.754. The number of nitrogens with zero attached hydrogens (tertiary/aromatic N) is 1. The third-order valence-corrected chi connectivity index (χ3v) is 2.99. The third-order valence-electron chi connectivity index (χ3n) is 2.12. The number of aromatic nitrogens is 2. The summed E-state index contributed by atoms with van der Waals surface area (Å²) in [5, 5.41) is 0. The standard InChI is InChI=1S/C8H12N3O7P/c1-5-4-11(7(13)10-6(5)12)18-19(9,14)17-8-15-2-3-16-8/h4,8H,2-3H2,1H3,(H2,9,14)(H,10,12,13). The van der Waals surface area contributed by atoms with E-state index in [2.05, 4.69) is 0 Å². The van der Waals surface area contributed by atoms with Gasteiger partial charge >= 0.3 is 13.4 Å². The third kappa shape index (κ3) is 3.52. The average molecular weight is 293 g/mol. The summed E-state index contributed by atoms with van der Waals surface area (Å²) in [6, 6.07) is 0. The van der Waals surface area contributed by atoms with Crippen LogP contribution in [-0.4, -0.2) is 29.4 Å². The van der Waals surface area contributed by atoms with Crippen LogP contribution in [0, 0.1) is 6.92 Å². The molecular weight excluding hydrogens is 281 g/mol. The zero-order chi connectivity index (χ0) is 14.0. The predicted octanol–water partition coefficient (Wildman–Crippen LogP) is -1.31. The first-order valence-corrected chi connectivity index (χ1v) is 6.81. The van der Waals surface area contributed by atoms with Crippen molar-refractivity contribution in [2.75, 3.05) is 13.2 Å². The van der Waals surface area contributed by atoms with E-state index in [4.69, 9.17) is 24.1 Å². The normalized spacial score (nSPS) is 19.3. The molecule has 1 aromatic heterocycles. The summed E-state index contributed by atoms with van der Waals surface area (Å²) in [5.74, 6) is 0. The van der Waals surface area contributed by atoms with Crippen LogP contribution in [0.1, 0.15) is 5.56 Å². The number of nitrogens with one attached hydrogen (secondary N) is 1. The van der Waals surface area contributed by atoms with Crippen LogP contribution >= 0.6 is 7.75 Å². The Balaban J connectivity index is 2.15. The Hall–Kier alpha value is -1.45. The first-order valence-electron chi connectivity index (χ1n) is 5.20. The lowest BCUT2D eigenvalue weighted by atomic mass is 10.4. The number of H-pyrrole nitrogens is 1. The van der Waals surface area contributed by atoms with E-state index in [0.717, 1.165) is 6.20 Å². The highest BCUT2D eigenvalue weighted by Gasteiger charge is 2.30. The van der Waals surface area contributed by atoms with Gasteiger partial charge in [-0.05, 0) is 6.92 Å². The summed E-state index contributed by atoms with van der Waals surface area (Å²) in [6.07, 6.45) is 1.04. The molecule has 1 saturated heterocycles. The number of hydrogen-bond acceptors (Lipinski definition) is 7. The van der Waals surface area contributed by atoms with Gasteiger partial charge in [-0.2, -0.15) is 0 Å². The van der Waals surface area contributed by atoms with E-state index >= 15 is 0 Å². The van der Waals surface area contributed by atoms with Crippen molar-refractivity contribution in [3.8, 4) is 0 Å². The van der Waals surface area contributed by atoms with Crippen LogP contribution in [0.4, 0.5) is 0 Å². The van der Waals surface area contributed by atoms with E-state index < -0.39 is 25.5 Å². The van der Waals surface area contributed by atoms with Crippen molar-refractivity contribution in [3.63, 3.8) is 0 Å². The highest BCUT2D eigenvalue weighted by atomic mass is 31.2. The fraction of sp³-hybridized carbons (Fsp3) is 0.500. The van der Waals surface area contributed by atoms with Crippen LogP contribution in [-0.2, 0) is 18.6 Å². The minimum absolute atomic E-state index is 0.174. The number of hydrogen-bond donors (Lipinski definition) is 2. The Bertz CT molecular complexity index is 618. The van der Waals surface area contributed by atoms with Gasteiger partial charge in [0.1, 0.15) is 0 Å². The molecule has 10 nitrogen and oxygen atoms in total. The second-order valence-electron chi connectivity index (χ2n) is 3.65. The Morgan fingerprint density at radius 3 is 2.74 bits per heavy atom. The molecule has 1 aromatic rings. The van der Waals surface area contributed by atoms with Crippen molar-refractivity contribution in [1.82, 2.24) is 9.71 Å². The molecule has 0 amide bonds. The molecular formula is C8H12N3O7P. The van der Waals surface area contributed by atoms with Crippen LogP contribution in [0.5, 0.6) is 0 Å². The SMILES string of the molecule is Cc1cn(OP(N)(=O)OC2OCCO2)c(=O)[nH]c1=O. The van der Waals surface area contributed by atoms with Crippen molar-refractivity contribution < 1.29 is 23.2 Å². The first-order chi connectivity index (χ1) is 8.87. The van der Waals surface area contributed by atoms with Gasteiger partial charge in [-0.1, -0.05) is 0 Å². The van der Waals surface area contributed by atoms with Gasteiger partial charge in [0.05, 0.1) is 19.4 Å². The van der Waals surface area contributed by atoms with E-state index in [-0.39, 0.29) is 18.8 Å². The molecule has 0 spiro atoms. The van der Waals surface area contributed by atoms with E-state index in [9.17, 15) is 14.2 Å². The van der Waals surface area contributed by atoms with Gasteiger partial charge in [0, 0.05) is 5.56 Å².